The Morgan fingerprint density at radius 2 is 2.28 bits per heavy atom. The summed E-state index contributed by atoms with van der Waals surface area (Å²) in [4.78, 5) is 6.87. The average Bonchev–Trinajstić information content (AvgIpc) is 2.88. The Bertz CT molecular complexity index is 565. The van der Waals surface area contributed by atoms with E-state index in [0.29, 0.717) is 0 Å². The van der Waals surface area contributed by atoms with Crippen LogP contribution in [0.5, 0.6) is 0 Å². The van der Waals surface area contributed by atoms with Gasteiger partial charge >= 0.3 is 0 Å². The molecule has 1 saturated heterocycles. The second-order valence-corrected chi connectivity index (χ2v) is 5.08. The zero-order chi connectivity index (χ0) is 12.5. The van der Waals surface area contributed by atoms with Gasteiger partial charge in [0, 0.05) is 30.4 Å². The third-order valence-corrected chi connectivity index (χ3v) is 3.98. The van der Waals surface area contributed by atoms with Gasteiger partial charge in [0.25, 0.3) is 0 Å². The molecule has 1 unspecified atom stereocenters. The first-order chi connectivity index (χ1) is 8.79. The van der Waals surface area contributed by atoms with Crippen molar-refractivity contribution in [3.05, 3.63) is 30.5 Å². The van der Waals surface area contributed by atoms with E-state index in [1.165, 1.54) is 23.9 Å². The van der Waals surface area contributed by atoms with E-state index in [1.807, 2.05) is 12.1 Å². The van der Waals surface area contributed by atoms with Crippen LogP contribution in [0.15, 0.2) is 30.5 Å². The first-order valence-electron chi connectivity index (χ1n) is 6.67. The molecule has 2 N–H and O–H groups in total. The van der Waals surface area contributed by atoms with Crippen LogP contribution in [0.25, 0.3) is 10.9 Å². The van der Waals surface area contributed by atoms with Crippen LogP contribution in [-0.2, 0) is 0 Å². The Labute approximate surface area is 108 Å². The fourth-order valence-electron chi connectivity index (χ4n) is 2.84. The molecule has 3 nitrogen and oxygen atoms in total. The molecule has 18 heavy (non-hydrogen) atoms. The van der Waals surface area contributed by atoms with Crippen LogP contribution in [-0.4, -0.2) is 18.1 Å². The fourth-order valence-corrected chi connectivity index (χ4v) is 2.84. The van der Waals surface area contributed by atoms with Crippen molar-refractivity contribution in [2.24, 2.45) is 5.92 Å². The molecule has 0 aliphatic carbocycles. The minimum Gasteiger partial charge on any atom is -0.397 e. The van der Waals surface area contributed by atoms with Gasteiger partial charge in [-0.2, -0.15) is 0 Å². The van der Waals surface area contributed by atoms with E-state index in [4.69, 9.17) is 5.73 Å². The molecule has 3 rings (SSSR count). The van der Waals surface area contributed by atoms with E-state index >= 15 is 0 Å². The number of nitrogens with zero attached hydrogens (tertiary/aromatic N) is 2. The lowest BCUT2D eigenvalue weighted by molar-refractivity contribution is 0.569. The molecule has 1 aromatic carbocycles. The summed E-state index contributed by atoms with van der Waals surface area (Å²) >= 11 is 0. The minimum atomic E-state index is 0.764. The second-order valence-electron chi connectivity index (χ2n) is 5.08. The van der Waals surface area contributed by atoms with E-state index in [2.05, 4.69) is 28.9 Å². The van der Waals surface area contributed by atoms with Crippen molar-refractivity contribution >= 4 is 22.3 Å². The van der Waals surface area contributed by atoms with Gasteiger partial charge in [-0.05, 0) is 36.6 Å². The molecule has 1 aromatic heterocycles. The Morgan fingerprint density at radius 1 is 1.39 bits per heavy atom. The Hall–Kier alpha value is -1.77. The third-order valence-electron chi connectivity index (χ3n) is 3.98. The normalized spacial score (nSPS) is 19.6. The van der Waals surface area contributed by atoms with E-state index in [0.717, 1.165) is 30.2 Å². The molecule has 3 heteroatoms. The maximum absolute atomic E-state index is 6.00. The molecule has 2 aromatic rings. The Kier molecular flexibility index (Phi) is 2.82. The van der Waals surface area contributed by atoms with Crippen LogP contribution < -0.4 is 10.6 Å². The largest absolute Gasteiger partial charge is 0.397 e. The number of hydrogen-bond acceptors (Lipinski definition) is 3. The van der Waals surface area contributed by atoms with Crippen LogP contribution in [0, 0.1) is 5.92 Å². The lowest BCUT2D eigenvalue weighted by atomic mass is 10.1. The summed E-state index contributed by atoms with van der Waals surface area (Å²) in [5, 5.41) is 1.18. The van der Waals surface area contributed by atoms with Crippen molar-refractivity contribution < 1.29 is 0 Å². The molecule has 1 atom stereocenters. The molecule has 0 bridgehead atoms. The first-order valence-corrected chi connectivity index (χ1v) is 6.67. The molecule has 0 saturated carbocycles. The van der Waals surface area contributed by atoms with Crippen molar-refractivity contribution in [2.45, 2.75) is 19.8 Å². The standard InChI is InChI=1S/C15H19N3/c1-2-11-7-9-18(10-11)14-6-5-13(16)15-12(14)4-3-8-17-15/h3-6,8,11H,2,7,9-10,16H2,1H3. The highest BCUT2D eigenvalue weighted by Crippen LogP contribution is 2.33. The fraction of sp³-hybridized carbons (Fsp3) is 0.400. The molecule has 0 radical (unpaired) electrons. The van der Waals surface area contributed by atoms with Gasteiger partial charge in [-0.25, -0.2) is 0 Å². The smallest absolute Gasteiger partial charge is 0.0951 e. The van der Waals surface area contributed by atoms with Gasteiger partial charge in [-0.1, -0.05) is 13.3 Å². The highest BCUT2D eigenvalue weighted by molar-refractivity contribution is 5.98. The average molecular weight is 241 g/mol. The summed E-state index contributed by atoms with van der Waals surface area (Å²) < 4.78 is 0. The molecule has 1 fully saturated rings. The molecular weight excluding hydrogens is 222 g/mol. The summed E-state index contributed by atoms with van der Waals surface area (Å²) in [6, 6.07) is 8.22. The number of anilines is 2. The van der Waals surface area contributed by atoms with E-state index in [1.54, 1.807) is 6.20 Å². The first kappa shape index (κ1) is 11.3. The minimum absolute atomic E-state index is 0.764. The lowest BCUT2D eigenvalue weighted by Crippen LogP contribution is -2.19. The van der Waals surface area contributed by atoms with Gasteiger partial charge in [-0.15, -0.1) is 0 Å². The topological polar surface area (TPSA) is 42.1 Å². The quantitative estimate of drug-likeness (QED) is 0.822. The van der Waals surface area contributed by atoms with Gasteiger partial charge in [-0.3, -0.25) is 4.98 Å². The molecular formula is C15H19N3. The summed E-state index contributed by atoms with van der Waals surface area (Å²) in [6.45, 7) is 4.58. The van der Waals surface area contributed by atoms with Crippen LogP contribution in [0.2, 0.25) is 0 Å². The van der Waals surface area contributed by atoms with Crippen LogP contribution in [0.4, 0.5) is 11.4 Å². The number of pyridine rings is 1. The maximum Gasteiger partial charge on any atom is 0.0951 e. The van der Waals surface area contributed by atoms with Gasteiger partial charge in [0.1, 0.15) is 0 Å². The number of rotatable bonds is 2. The second kappa shape index (κ2) is 4.48. The zero-order valence-electron chi connectivity index (χ0n) is 10.8. The van der Waals surface area contributed by atoms with E-state index in [9.17, 15) is 0 Å². The van der Waals surface area contributed by atoms with Gasteiger partial charge in [0.2, 0.25) is 0 Å². The number of aromatic nitrogens is 1. The van der Waals surface area contributed by atoms with E-state index in [-0.39, 0.29) is 0 Å². The Balaban J connectivity index is 2.05. The predicted octanol–water partition coefficient (Wildman–Crippen LogP) is 3.05. The molecule has 1 aliphatic heterocycles. The molecule has 1 aliphatic rings. The van der Waals surface area contributed by atoms with Crippen LogP contribution in [0.1, 0.15) is 19.8 Å². The van der Waals surface area contributed by atoms with Crippen molar-refractivity contribution in [3.63, 3.8) is 0 Å². The number of nitrogens with two attached hydrogens (primary N) is 1. The van der Waals surface area contributed by atoms with Crippen molar-refractivity contribution in [2.75, 3.05) is 23.7 Å². The summed E-state index contributed by atoms with van der Waals surface area (Å²) in [5.41, 5.74) is 8.97. The SMILES string of the molecule is CCC1CCN(c2ccc(N)c3ncccc23)C1. The van der Waals surface area contributed by atoms with E-state index < -0.39 is 0 Å². The highest BCUT2D eigenvalue weighted by Gasteiger charge is 2.22. The van der Waals surface area contributed by atoms with Crippen LogP contribution >= 0.6 is 0 Å². The van der Waals surface area contributed by atoms with Crippen LogP contribution in [0.3, 0.4) is 0 Å². The number of benzene rings is 1. The van der Waals surface area contributed by atoms with Gasteiger partial charge in [0.15, 0.2) is 0 Å². The number of nitrogen functional groups attached to an aromatic ring is 1. The Morgan fingerprint density at radius 3 is 3.06 bits per heavy atom. The summed E-state index contributed by atoms with van der Waals surface area (Å²) in [6.07, 6.45) is 4.37. The predicted molar refractivity (Wildman–Crippen MR) is 76.8 cm³/mol. The summed E-state index contributed by atoms with van der Waals surface area (Å²) in [7, 11) is 0. The lowest BCUT2D eigenvalue weighted by Gasteiger charge is -2.21. The molecule has 0 amide bonds. The summed E-state index contributed by atoms with van der Waals surface area (Å²) in [5.74, 6) is 0.828. The maximum atomic E-state index is 6.00. The number of hydrogen-bond donors (Lipinski definition) is 1. The van der Waals surface area contributed by atoms with Gasteiger partial charge < -0.3 is 10.6 Å². The molecule has 0 spiro atoms. The van der Waals surface area contributed by atoms with Crippen molar-refractivity contribution in [1.29, 1.82) is 0 Å². The monoisotopic (exact) mass is 241 g/mol. The molecule has 2 heterocycles. The highest BCUT2D eigenvalue weighted by atomic mass is 15.2. The molecule has 94 valence electrons. The zero-order valence-corrected chi connectivity index (χ0v) is 10.8. The van der Waals surface area contributed by atoms with Crippen molar-refractivity contribution in [3.8, 4) is 0 Å². The third kappa shape index (κ3) is 1.80. The van der Waals surface area contributed by atoms with Gasteiger partial charge in [0.05, 0.1) is 11.2 Å². The number of fused-ring (bicyclic) bond motifs is 1. The van der Waals surface area contributed by atoms with Crippen molar-refractivity contribution in [1.82, 2.24) is 4.98 Å².